The lowest BCUT2D eigenvalue weighted by Gasteiger charge is -2.32. The molecule has 186 valence electrons. The Morgan fingerprint density at radius 3 is 2.35 bits per heavy atom. The second kappa shape index (κ2) is 10.2. The molecule has 1 aliphatic heterocycles. The predicted molar refractivity (Wildman–Crippen MR) is 141 cm³/mol. The summed E-state index contributed by atoms with van der Waals surface area (Å²) in [6, 6.07) is 25.7. The molecule has 5 rings (SSSR count). The first kappa shape index (κ1) is 24.2. The number of hydrogen-bond acceptors (Lipinski definition) is 3. The molecule has 6 nitrogen and oxygen atoms in total. The fourth-order valence-corrected chi connectivity index (χ4v) is 4.89. The summed E-state index contributed by atoms with van der Waals surface area (Å²) in [5.41, 5.74) is 2.33. The number of carbonyl (C=O) groups is 3. The van der Waals surface area contributed by atoms with Gasteiger partial charge < -0.3 is 10.2 Å². The van der Waals surface area contributed by atoms with Crippen LogP contribution in [0.25, 0.3) is 10.8 Å². The SMILES string of the molecule is CNC(=O)C(Cc1ccccc1)N(Cc1ccccc1F)C(=O)CN1C(=O)c2cccc3cccc1c23. The summed E-state index contributed by atoms with van der Waals surface area (Å²) in [6.45, 7) is -0.390. The van der Waals surface area contributed by atoms with Crippen LogP contribution < -0.4 is 10.2 Å². The van der Waals surface area contributed by atoms with Crippen LogP contribution in [0.1, 0.15) is 21.5 Å². The molecule has 1 N–H and O–H groups in total. The van der Waals surface area contributed by atoms with Gasteiger partial charge in [-0.05, 0) is 29.1 Å². The van der Waals surface area contributed by atoms with Crippen molar-refractivity contribution in [3.8, 4) is 0 Å². The number of benzene rings is 4. The van der Waals surface area contributed by atoms with E-state index in [-0.39, 0.29) is 36.9 Å². The summed E-state index contributed by atoms with van der Waals surface area (Å²) in [6.07, 6.45) is 0.241. The zero-order valence-corrected chi connectivity index (χ0v) is 20.4. The monoisotopic (exact) mass is 495 g/mol. The maximum absolute atomic E-state index is 14.7. The fourth-order valence-electron chi connectivity index (χ4n) is 4.89. The van der Waals surface area contributed by atoms with Crippen LogP contribution in [0.4, 0.5) is 10.1 Å². The van der Waals surface area contributed by atoms with Crippen LogP contribution in [0.5, 0.6) is 0 Å². The standard InChI is InChI=1S/C30H26FN3O3/c1-32-29(36)26(17-20-9-3-2-4-10-20)33(18-22-11-5-6-15-24(22)31)27(35)19-34-25-16-8-13-21-12-7-14-23(28(21)25)30(34)37/h2-16,26H,17-19H2,1H3,(H,32,36). The summed E-state index contributed by atoms with van der Waals surface area (Å²) in [7, 11) is 1.51. The summed E-state index contributed by atoms with van der Waals surface area (Å²) < 4.78 is 14.7. The van der Waals surface area contributed by atoms with Gasteiger partial charge in [0.2, 0.25) is 11.8 Å². The smallest absolute Gasteiger partial charge is 0.259 e. The lowest BCUT2D eigenvalue weighted by atomic mass is 10.0. The molecule has 0 spiro atoms. The van der Waals surface area contributed by atoms with Gasteiger partial charge in [0.15, 0.2) is 0 Å². The zero-order chi connectivity index (χ0) is 25.9. The molecule has 4 aromatic rings. The van der Waals surface area contributed by atoms with Crippen LogP contribution in [0.15, 0.2) is 91.0 Å². The molecule has 37 heavy (non-hydrogen) atoms. The molecule has 0 aromatic heterocycles. The van der Waals surface area contributed by atoms with Crippen molar-refractivity contribution in [2.45, 2.75) is 19.0 Å². The van der Waals surface area contributed by atoms with Crippen LogP contribution in [0.2, 0.25) is 0 Å². The quantitative estimate of drug-likeness (QED) is 0.396. The maximum Gasteiger partial charge on any atom is 0.259 e. The third-order valence-corrected chi connectivity index (χ3v) is 6.76. The summed E-state index contributed by atoms with van der Waals surface area (Å²) in [5.74, 6) is -1.56. The summed E-state index contributed by atoms with van der Waals surface area (Å²) in [4.78, 5) is 43.1. The lowest BCUT2D eigenvalue weighted by molar-refractivity contribution is -0.140. The number of carbonyl (C=O) groups excluding carboxylic acids is 3. The van der Waals surface area contributed by atoms with E-state index in [0.717, 1.165) is 16.3 Å². The van der Waals surface area contributed by atoms with Gasteiger partial charge in [-0.2, -0.15) is 0 Å². The van der Waals surface area contributed by atoms with Gasteiger partial charge in [0.25, 0.3) is 5.91 Å². The molecule has 1 unspecified atom stereocenters. The predicted octanol–water partition coefficient (Wildman–Crippen LogP) is 4.33. The third-order valence-electron chi connectivity index (χ3n) is 6.76. The highest BCUT2D eigenvalue weighted by atomic mass is 19.1. The van der Waals surface area contributed by atoms with E-state index in [1.807, 2.05) is 60.7 Å². The number of likely N-dealkylation sites (N-methyl/N-ethyl adjacent to an activating group) is 1. The van der Waals surface area contributed by atoms with E-state index < -0.39 is 17.8 Å². The Kier molecular flexibility index (Phi) is 6.68. The average Bonchev–Trinajstić information content (AvgIpc) is 3.19. The Hall–Kier alpha value is -4.52. The van der Waals surface area contributed by atoms with Gasteiger partial charge >= 0.3 is 0 Å². The topological polar surface area (TPSA) is 69.7 Å². The fraction of sp³-hybridized carbons (Fsp3) is 0.167. The lowest BCUT2D eigenvalue weighted by Crippen LogP contribution is -2.52. The van der Waals surface area contributed by atoms with E-state index >= 15 is 0 Å². The van der Waals surface area contributed by atoms with E-state index in [9.17, 15) is 18.8 Å². The van der Waals surface area contributed by atoms with Crippen molar-refractivity contribution in [1.29, 1.82) is 0 Å². The maximum atomic E-state index is 14.7. The largest absolute Gasteiger partial charge is 0.357 e. The van der Waals surface area contributed by atoms with Gasteiger partial charge in [0.05, 0.1) is 5.69 Å². The molecule has 0 saturated heterocycles. The normalized spacial score (nSPS) is 13.0. The Morgan fingerprint density at radius 2 is 1.62 bits per heavy atom. The minimum absolute atomic E-state index is 0.115. The van der Waals surface area contributed by atoms with Crippen molar-refractivity contribution >= 4 is 34.2 Å². The van der Waals surface area contributed by atoms with Crippen LogP contribution >= 0.6 is 0 Å². The summed E-state index contributed by atoms with van der Waals surface area (Å²) in [5, 5.41) is 4.36. The molecule has 4 aromatic carbocycles. The van der Waals surface area contributed by atoms with Crippen LogP contribution in [0, 0.1) is 5.82 Å². The Labute approximate surface area is 214 Å². The van der Waals surface area contributed by atoms with Crippen molar-refractivity contribution in [3.63, 3.8) is 0 Å². The number of hydrogen-bond donors (Lipinski definition) is 1. The second-order valence-corrected chi connectivity index (χ2v) is 9.00. The van der Waals surface area contributed by atoms with Crippen molar-refractivity contribution in [2.24, 2.45) is 0 Å². The van der Waals surface area contributed by atoms with Gasteiger partial charge in [-0.25, -0.2) is 4.39 Å². The number of rotatable bonds is 8. The average molecular weight is 496 g/mol. The van der Waals surface area contributed by atoms with Crippen molar-refractivity contribution in [1.82, 2.24) is 10.2 Å². The van der Waals surface area contributed by atoms with Crippen molar-refractivity contribution in [2.75, 3.05) is 18.5 Å². The molecule has 1 atom stereocenters. The highest BCUT2D eigenvalue weighted by Gasteiger charge is 2.35. The number of halogens is 1. The van der Waals surface area contributed by atoms with Crippen molar-refractivity contribution in [3.05, 3.63) is 114 Å². The number of nitrogens with one attached hydrogen (secondary N) is 1. The first-order valence-electron chi connectivity index (χ1n) is 12.1. The minimum Gasteiger partial charge on any atom is -0.357 e. The van der Waals surface area contributed by atoms with Crippen LogP contribution in [-0.2, 0) is 22.6 Å². The highest BCUT2D eigenvalue weighted by molar-refractivity contribution is 6.26. The first-order chi connectivity index (χ1) is 18.0. The Bertz CT molecular complexity index is 1480. The van der Waals surface area contributed by atoms with E-state index in [2.05, 4.69) is 5.32 Å². The van der Waals surface area contributed by atoms with Gasteiger partial charge in [-0.1, -0.05) is 72.8 Å². The minimum atomic E-state index is -0.907. The Balaban J connectivity index is 1.51. The van der Waals surface area contributed by atoms with Gasteiger partial charge in [-0.3, -0.25) is 19.3 Å². The molecule has 1 heterocycles. The van der Waals surface area contributed by atoms with E-state index in [4.69, 9.17) is 0 Å². The molecule has 0 radical (unpaired) electrons. The molecule has 0 aliphatic carbocycles. The van der Waals surface area contributed by atoms with Gasteiger partial charge in [0, 0.05) is 36.5 Å². The number of anilines is 1. The first-order valence-corrected chi connectivity index (χ1v) is 12.1. The van der Waals surface area contributed by atoms with E-state index in [0.29, 0.717) is 11.3 Å². The third kappa shape index (κ3) is 4.68. The Morgan fingerprint density at radius 1 is 0.919 bits per heavy atom. The second-order valence-electron chi connectivity index (χ2n) is 9.00. The molecule has 0 fully saturated rings. The summed E-state index contributed by atoms with van der Waals surface area (Å²) >= 11 is 0. The van der Waals surface area contributed by atoms with Crippen molar-refractivity contribution < 1.29 is 18.8 Å². The van der Waals surface area contributed by atoms with Crippen LogP contribution in [0.3, 0.4) is 0 Å². The zero-order valence-electron chi connectivity index (χ0n) is 20.4. The molecular weight excluding hydrogens is 469 g/mol. The highest BCUT2D eigenvalue weighted by Crippen LogP contribution is 2.37. The number of amides is 3. The molecule has 3 amide bonds. The van der Waals surface area contributed by atoms with Gasteiger partial charge in [0.1, 0.15) is 18.4 Å². The van der Waals surface area contributed by atoms with Crippen LogP contribution in [-0.4, -0.2) is 42.3 Å². The van der Waals surface area contributed by atoms with Gasteiger partial charge in [-0.15, -0.1) is 0 Å². The van der Waals surface area contributed by atoms with E-state index in [1.54, 1.807) is 24.3 Å². The molecule has 7 heteroatoms. The molecule has 1 aliphatic rings. The molecule has 0 saturated carbocycles. The number of nitrogens with zero attached hydrogens (tertiary/aromatic N) is 2. The van der Waals surface area contributed by atoms with E-state index in [1.165, 1.54) is 22.9 Å². The molecule has 0 bridgehead atoms. The molecular formula is C30H26FN3O3.